The second-order valence-corrected chi connectivity index (χ2v) is 5.60. The van der Waals surface area contributed by atoms with Gasteiger partial charge in [-0.25, -0.2) is 0 Å². The molecule has 0 aromatic heterocycles. The van der Waals surface area contributed by atoms with Crippen LogP contribution in [0.5, 0.6) is 0 Å². The summed E-state index contributed by atoms with van der Waals surface area (Å²) in [4.78, 5) is 12.2. The first kappa shape index (κ1) is 12.9. The van der Waals surface area contributed by atoms with Gasteiger partial charge in [-0.1, -0.05) is 33.6 Å². The van der Waals surface area contributed by atoms with Crippen molar-refractivity contribution < 1.29 is 4.79 Å². The molecule has 0 heterocycles. The minimum Gasteiger partial charge on any atom is -0.346 e. The fraction of sp³-hybridized carbons (Fsp3) is 0.462. The third-order valence-electron chi connectivity index (χ3n) is 3.46. The molecule has 1 aromatic carbocycles. The zero-order valence-electron chi connectivity index (χ0n) is 9.72. The van der Waals surface area contributed by atoms with E-state index in [0.29, 0.717) is 10.6 Å². The number of benzene rings is 1. The Balaban J connectivity index is 2.17. The molecule has 1 aliphatic carbocycles. The van der Waals surface area contributed by atoms with Crippen LogP contribution in [0.4, 0.5) is 0 Å². The molecular weight excluding hydrogens is 302 g/mol. The van der Waals surface area contributed by atoms with E-state index in [9.17, 15) is 4.79 Å². The van der Waals surface area contributed by atoms with Gasteiger partial charge in [0.15, 0.2) is 0 Å². The van der Waals surface area contributed by atoms with Gasteiger partial charge in [0.2, 0.25) is 0 Å². The van der Waals surface area contributed by atoms with Crippen molar-refractivity contribution in [2.24, 2.45) is 0 Å². The summed E-state index contributed by atoms with van der Waals surface area (Å²) < 4.78 is 0. The van der Waals surface area contributed by atoms with Gasteiger partial charge in [0.1, 0.15) is 0 Å². The maximum absolute atomic E-state index is 12.2. The average molecular weight is 317 g/mol. The third kappa shape index (κ3) is 2.50. The number of carbonyl (C=O) groups is 1. The first-order valence-electron chi connectivity index (χ1n) is 5.72. The molecule has 1 aliphatic rings. The number of carbonyl (C=O) groups excluding carboxylic acids is 1. The van der Waals surface area contributed by atoms with Crippen LogP contribution in [0.25, 0.3) is 0 Å². The fourth-order valence-electron chi connectivity index (χ4n) is 2.06. The van der Waals surface area contributed by atoms with Crippen LogP contribution >= 0.6 is 27.5 Å². The molecule has 0 radical (unpaired) electrons. The summed E-state index contributed by atoms with van der Waals surface area (Å²) in [6.07, 6.45) is 3.27. The van der Waals surface area contributed by atoms with Crippen LogP contribution in [0.3, 0.4) is 0 Å². The minimum absolute atomic E-state index is 0.0239. The second-order valence-electron chi connectivity index (χ2n) is 4.63. The van der Waals surface area contributed by atoms with E-state index >= 15 is 0 Å². The van der Waals surface area contributed by atoms with E-state index in [1.165, 1.54) is 6.42 Å². The summed E-state index contributed by atoms with van der Waals surface area (Å²) in [5.74, 6) is -0.0239. The van der Waals surface area contributed by atoms with Crippen molar-refractivity contribution in [3.63, 3.8) is 0 Å². The number of hydrogen-bond acceptors (Lipinski definition) is 1. The van der Waals surface area contributed by atoms with Gasteiger partial charge in [0, 0.05) is 15.9 Å². The Kier molecular flexibility index (Phi) is 3.79. The molecule has 1 saturated carbocycles. The molecule has 1 amide bonds. The van der Waals surface area contributed by atoms with E-state index < -0.39 is 0 Å². The van der Waals surface area contributed by atoms with E-state index in [1.54, 1.807) is 6.07 Å². The van der Waals surface area contributed by atoms with Crippen LogP contribution in [-0.2, 0) is 0 Å². The molecule has 0 bridgehead atoms. The Labute approximate surface area is 115 Å². The maximum Gasteiger partial charge on any atom is 0.252 e. The first-order chi connectivity index (χ1) is 8.08. The van der Waals surface area contributed by atoms with Crippen LogP contribution in [0.15, 0.2) is 18.2 Å². The first-order valence-corrected chi connectivity index (χ1v) is 7.21. The molecule has 1 N–H and O–H groups in total. The van der Waals surface area contributed by atoms with E-state index in [1.807, 2.05) is 19.1 Å². The van der Waals surface area contributed by atoms with Crippen LogP contribution in [-0.4, -0.2) is 16.8 Å². The highest BCUT2D eigenvalue weighted by Gasteiger charge is 2.37. The summed E-state index contributed by atoms with van der Waals surface area (Å²) in [7, 11) is 0. The standard InChI is InChI=1S/C13H15BrClNO/c1-9-10(4-2-5-11(9)15)12(17)16-13(8-14)6-3-7-13/h2,4-5H,3,6-8H2,1H3,(H,16,17). The monoisotopic (exact) mass is 315 g/mol. The van der Waals surface area contributed by atoms with E-state index in [4.69, 9.17) is 11.6 Å². The molecule has 0 saturated heterocycles. The number of nitrogens with one attached hydrogen (secondary N) is 1. The van der Waals surface area contributed by atoms with Crippen molar-refractivity contribution in [3.05, 3.63) is 34.3 Å². The lowest BCUT2D eigenvalue weighted by molar-refractivity contribution is 0.0856. The van der Waals surface area contributed by atoms with Gasteiger partial charge >= 0.3 is 0 Å². The van der Waals surface area contributed by atoms with E-state index in [0.717, 1.165) is 23.7 Å². The Morgan fingerprint density at radius 1 is 1.53 bits per heavy atom. The quantitative estimate of drug-likeness (QED) is 0.847. The molecule has 1 fully saturated rings. The van der Waals surface area contributed by atoms with Gasteiger partial charge in [0.25, 0.3) is 5.91 Å². The van der Waals surface area contributed by atoms with E-state index in [2.05, 4.69) is 21.2 Å². The number of alkyl halides is 1. The van der Waals surface area contributed by atoms with Gasteiger partial charge in [-0.05, 0) is 43.9 Å². The summed E-state index contributed by atoms with van der Waals surface area (Å²) in [5.41, 5.74) is 1.46. The van der Waals surface area contributed by atoms with Gasteiger partial charge in [0.05, 0.1) is 5.54 Å². The predicted molar refractivity (Wildman–Crippen MR) is 74.0 cm³/mol. The molecule has 4 heteroatoms. The molecule has 1 aromatic rings. The molecule has 2 rings (SSSR count). The normalized spacial score (nSPS) is 17.4. The highest BCUT2D eigenvalue weighted by atomic mass is 79.9. The van der Waals surface area contributed by atoms with Gasteiger partial charge in [-0.3, -0.25) is 4.79 Å². The SMILES string of the molecule is Cc1c(Cl)cccc1C(=O)NC1(CBr)CCC1. The van der Waals surface area contributed by atoms with Crippen molar-refractivity contribution in [2.45, 2.75) is 31.7 Å². The lowest BCUT2D eigenvalue weighted by atomic mass is 9.78. The molecule has 0 spiro atoms. The summed E-state index contributed by atoms with van der Waals surface area (Å²) in [5, 5.41) is 4.57. The van der Waals surface area contributed by atoms with Crippen molar-refractivity contribution in [1.82, 2.24) is 5.32 Å². The topological polar surface area (TPSA) is 29.1 Å². The molecule has 17 heavy (non-hydrogen) atoms. The number of rotatable bonds is 3. The van der Waals surface area contributed by atoms with Gasteiger partial charge < -0.3 is 5.32 Å². The minimum atomic E-state index is -0.0498. The lowest BCUT2D eigenvalue weighted by Gasteiger charge is -2.41. The van der Waals surface area contributed by atoms with Crippen LogP contribution in [0.1, 0.15) is 35.2 Å². The zero-order chi connectivity index (χ0) is 12.5. The number of halogens is 2. The molecule has 0 unspecified atom stereocenters. The largest absolute Gasteiger partial charge is 0.346 e. The summed E-state index contributed by atoms with van der Waals surface area (Å²) in [6, 6.07) is 5.43. The van der Waals surface area contributed by atoms with Crippen molar-refractivity contribution in [2.75, 3.05) is 5.33 Å². The van der Waals surface area contributed by atoms with Crippen LogP contribution in [0.2, 0.25) is 5.02 Å². The van der Waals surface area contributed by atoms with Gasteiger partial charge in [-0.2, -0.15) is 0 Å². The Morgan fingerprint density at radius 3 is 2.76 bits per heavy atom. The van der Waals surface area contributed by atoms with Crippen molar-refractivity contribution in [1.29, 1.82) is 0 Å². The predicted octanol–water partition coefficient (Wildman–Crippen LogP) is 3.70. The molecule has 2 nitrogen and oxygen atoms in total. The Morgan fingerprint density at radius 2 is 2.24 bits per heavy atom. The number of amides is 1. The highest BCUT2D eigenvalue weighted by molar-refractivity contribution is 9.09. The number of hydrogen-bond donors (Lipinski definition) is 1. The second kappa shape index (κ2) is 4.99. The fourth-order valence-corrected chi connectivity index (χ4v) is 2.93. The maximum atomic E-state index is 12.2. The summed E-state index contributed by atoms with van der Waals surface area (Å²) in [6.45, 7) is 1.87. The summed E-state index contributed by atoms with van der Waals surface area (Å²) >= 11 is 9.50. The zero-order valence-corrected chi connectivity index (χ0v) is 12.1. The van der Waals surface area contributed by atoms with Gasteiger partial charge in [-0.15, -0.1) is 0 Å². The lowest BCUT2D eigenvalue weighted by Crippen LogP contribution is -2.55. The molecular formula is C13H15BrClNO. The average Bonchev–Trinajstić information content (AvgIpc) is 2.27. The Hall–Kier alpha value is -0.540. The highest BCUT2D eigenvalue weighted by Crippen LogP contribution is 2.34. The smallest absolute Gasteiger partial charge is 0.252 e. The molecule has 0 atom stereocenters. The van der Waals surface area contributed by atoms with Crippen molar-refractivity contribution in [3.8, 4) is 0 Å². The molecule has 92 valence electrons. The Bertz CT molecular complexity index is 438. The molecule has 0 aliphatic heterocycles. The van der Waals surface area contributed by atoms with Crippen molar-refractivity contribution >= 4 is 33.4 Å². The van der Waals surface area contributed by atoms with Crippen LogP contribution < -0.4 is 5.32 Å². The van der Waals surface area contributed by atoms with Crippen LogP contribution in [0, 0.1) is 6.92 Å². The van der Waals surface area contributed by atoms with E-state index in [-0.39, 0.29) is 11.4 Å². The third-order valence-corrected chi connectivity index (χ3v) is 4.94.